The van der Waals surface area contributed by atoms with Gasteiger partial charge < -0.3 is 10.5 Å². The molecule has 0 bridgehead atoms. The zero-order valence-corrected chi connectivity index (χ0v) is 12.9. The predicted octanol–water partition coefficient (Wildman–Crippen LogP) is 3.53. The molecule has 23 heavy (non-hydrogen) atoms. The summed E-state index contributed by atoms with van der Waals surface area (Å²) in [7, 11) is 0. The Hall–Kier alpha value is -2.79. The van der Waals surface area contributed by atoms with Crippen LogP contribution in [-0.2, 0) is 11.3 Å². The molecule has 0 aliphatic carbocycles. The fourth-order valence-corrected chi connectivity index (χ4v) is 2.50. The van der Waals surface area contributed by atoms with Crippen LogP contribution in [0.3, 0.4) is 0 Å². The van der Waals surface area contributed by atoms with Crippen molar-refractivity contribution in [2.45, 2.75) is 6.54 Å². The molecular weight excluding hydrogens is 314 g/mol. The summed E-state index contributed by atoms with van der Waals surface area (Å²) in [6.07, 6.45) is 6.23. The molecule has 0 saturated carbocycles. The minimum atomic E-state index is -0.977. The summed E-state index contributed by atoms with van der Waals surface area (Å²) in [5.41, 5.74) is 5.93. The fourth-order valence-electron chi connectivity index (χ4n) is 2.34. The molecule has 2 N–H and O–H groups in total. The molecule has 0 fully saturated rings. The molecule has 1 aromatic carbocycles. The van der Waals surface area contributed by atoms with Crippen LogP contribution in [0.5, 0.6) is 0 Å². The topological polar surface area (TPSA) is 67.2 Å². The highest BCUT2D eigenvalue weighted by Crippen LogP contribution is 2.21. The number of nitrogens with one attached hydrogen (secondary N) is 1. The first-order chi connectivity index (χ1) is 11.1. The molecule has 2 aromatic heterocycles. The molecule has 0 unspecified atom stereocenters. The number of carbonyl (C=O) groups is 1. The lowest BCUT2D eigenvalue weighted by atomic mass is 10.1. The van der Waals surface area contributed by atoms with Crippen LogP contribution in [0.15, 0.2) is 54.9 Å². The van der Waals surface area contributed by atoms with Crippen molar-refractivity contribution in [2.75, 3.05) is 5.43 Å². The van der Waals surface area contributed by atoms with E-state index in [4.69, 9.17) is 16.7 Å². The van der Waals surface area contributed by atoms with Crippen molar-refractivity contribution in [3.05, 3.63) is 71.1 Å². The molecule has 2 heterocycles. The molecule has 5 nitrogen and oxygen atoms in total. The highest BCUT2D eigenvalue weighted by Gasteiger charge is 2.04. The summed E-state index contributed by atoms with van der Waals surface area (Å²) < 4.78 is 1.78. The van der Waals surface area contributed by atoms with Crippen molar-refractivity contribution >= 4 is 34.5 Å². The van der Waals surface area contributed by atoms with Gasteiger partial charge in [0, 0.05) is 28.9 Å². The number of fused-ring (bicyclic) bond motifs is 1. The molecule has 0 aliphatic heterocycles. The summed E-state index contributed by atoms with van der Waals surface area (Å²) in [4.78, 5) is 14.9. The largest absolute Gasteiger partial charge is 0.478 e. The maximum absolute atomic E-state index is 10.6. The summed E-state index contributed by atoms with van der Waals surface area (Å²) in [6.45, 7) is 0.573. The van der Waals surface area contributed by atoms with Gasteiger partial charge in [-0.1, -0.05) is 17.7 Å². The number of hydrogen-bond acceptors (Lipinski definition) is 3. The van der Waals surface area contributed by atoms with E-state index in [1.165, 1.54) is 0 Å². The Morgan fingerprint density at radius 1 is 1.35 bits per heavy atom. The summed E-state index contributed by atoms with van der Waals surface area (Å²) in [5, 5.41) is 10.4. The van der Waals surface area contributed by atoms with Gasteiger partial charge in [0.1, 0.15) is 0 Å². The number of nitrogens with zero attached hydrogens (tertiary/aromatic N) is 2. The first-order valence-corrected chi connectivity index (χ1v) is 7.37. The van der Waals surface area contributed by atoms with E-state index in [0.29, 0.717) is 11.6 Å². The Labute approximate surface area is 137 Å². The molecule has 0 aliphatic rings. The predicted molar refractivity (Wildman–Crippen MR) is 90.9 cm³/mol. The number of hydrogen-bond donors (Lipinski definition) is 2. The monoisotopic (exact) mass is 327 g/mol. The zero-order chi connectivity index (χ0) is 16.2. The van der Waals surface area contributed by atoms with Crippen LogP contribution in [0.1, 0.15) is 11.3 Å². The van der Waals surface area contributed by atoms with Crippen LogP contribution in [0.4, 0.5) is 0 Å². The quantitative estimate of drug-likeness (QED) is 0.703. The maximum Gasteiger partial charge on any atom is 0.328 e. The number of carboxylic acid groups (broad SMARTS) is 1. The number of aliphatic carboxylic acids is 1. The Balaban J connectivity index is 1.82. The summed E-state index contributed by atoms with van der Waals surface area (Å²) in [6, 6.07) is 11.2. The van der Waals surface area contributed by atoms with Crippen molar-refractivity contribution in [2.24, 2.45) is 0 Å². The molecule has 3 rings (SSSR count). The van der Waals surface area contributed by atoms with Crippen molar-refractivity contribution in [1.82, 2.24) is 9.66 Å². The molecule has 6 heteroatoms. The SMILES string of the molecule is O=C(O)/C=C/c1cccn1NCc1ccnc2cc(Cl)ccc12. The molecule has 0 amide bonds. The van der Waals surface area contributed by atoms with Crippen molar-refractivity contribution in [3.8, 4) is 0 Å². The van der Waals surface area contributed by atoms with Gasteiger partial charge in [-0.05, 0) is 42.0 Å². The van der Waals surface area contributed by atoms with E-state index < -0.39 is 5.97 Å². The van der Waals surface area contributed by atoms with Gasteiger partial charge in [-0.15, -0.1) is 0 Å². The van der Waals surface area contributed by atoms with Gasteiger partial charge in [0.2, 0.25) is 0 Å². The Morgan fingerprint density at radius 3 is 3.04 bits per heavy atom. The smallest absolute Gasteiger partial charge is 0.328 e. The summed E-state index contributed by atoms with van der Waals surface area (Å²) >= 11 is 6.00. The Bertz CT molecular complexity index is 886. The Morgan fingerprint density at radius 2 is 2.22 bits per heavy atom. The van der Waals surface area contributed by atoms with Crippen molar-refractivity contribution in [1.29, 1.82) is 0 Å². The second-order valence-electron chi connectivity index (χ2n) is 4.94. The van der Waals surface area contributed by atoms with Gasteiger partial charge in [-0.25, -0.2) is 4.79 Å². The first-order valence-electron chi connectivity index (χ1n) is 6.99. The molecule has 116 valence electrons. The Kier molecular flexibility index (Phi) is 4.30. The fraction of sp³-hybridized carbons (Fsp3) is 0.0588. The third-order valence-corrected chi connectivity index (χ3v) is 3.65. The van der Waals surface area contributed by atoms with Crippen LogP contribution < -0.4 is 5.43 Å². The summed E-state index contributed by atoms with van der Waals surface area (Å²) in [5.74, 6) is -0.977. The number of benzene rings is 1. The van der Waals surface area contributed by atoms with E-state index in [0.717, 1.165) is 28.2 Å². The van der Waals surface area contributed by atoms with Gasteiger partial charge >= 0.3 is 5.97 Å². The molecule has 3 aromatic rings. The average Bonchev–Trinajstić information content (AvgIpc) is 2.98. The lowest BCUT2D eigenvalue weighted by Crippen LogP contribution is -2.14. The van der Waals surface area contributed by atoms with Crippen molar-refractivity contribution in [3.63, 3.8) is 0 Å². The molecule has 0 spiro atoms. The van der Waals surface area contributed by atoms with Crippen LogP contribution in [0.25, 0.3) is 17.0 Å². The van der Waals surface area contributed by atoms with Crippen LogP contribution >= 0.6 is 11.6 Å². The van der Waals surface area contributed by atoms with E-state index in [2.05, 4.69) is 10.4 Å². The van der Waals surface area contributed by atoms with Crippen molar-refractivity contribution < 1.29 is 9.90 Å². The number of pyridine rings is 1. The minimum Gasteiger partial charge on any atom is -0.478 e. The lowest BCUT2D eigenvalue weighted by Gasteiger charge is -2.12. The highest BCUT2D eigenvalue weighted by molar-refractivity contribution is 6.31. The average molecular weight is 328 g/mol. The standard InChI is InChI=1S/C17H14ClN3O2/c18-13-3-5-15-12(7-8-19-16(15)10-13)11-20-21-9-1-2-14(21)4-6-17(22)23/h1-10,20H,11H2,(H,22,23)/b6-4+. The second kappa shape index (κ2) is 6.54. The highest BCUT2D eigenvalue weighted by atomic mass is 35.5. The number of carboxylic acids is 1. The maximum atomic E-state index is 10.6. The van der Waals surface area contributed by atoms with Crippen LogP contribution in [0, 0.1) is 0 Å². The lowest BCUT2D eigenvalue weighted by molar-refractivity contribution is -0.131. The third-order valence-electron chi connectivity index (χ3n) is 3.41. The molecule has 0 radical (unpaired) electrons. The number of aromatic nitrogens is 2. The molecular formula is C17H14ClN3O2. The minimum absolute atomic E-state index is 0.573. The zero-order valence-electron chi connectivity index (χ0n) is 12.1. The van der Waals surface area contributed by atoms with E-state index in [1.54, 1.807) is 16.9 Å². The van der Waals surface area contributed by atoms with Crippen LogP contribution in [-0.4, -0.2) is 20.7 Å². The van der Waals surface area contributed by atoms with E-state index in [9.17, 15) is 4.79 Å². The van der Waals surface area contributed by atoms with Gasteiger partial charge in [0.05, 0.1) is 17.8 Å². The number of rotatable bonds is 5. The van der Waals surface area contributed by atoms with Gasteiger partial charge in [0.15, 0.2) is 0 Å². The van der Waals surface area contributed by atoms with E-state index in [1.807, 2.05) is 42.6 Å². The van der Waals surface area contributed by atoms with E-state index in [-0.39, 0.29) is 0 Å². The third kappa shape index (κ3) is 3.52. The van der Waals surface area contributed by atoms with Gasteiger partial charge in [-0.3, -0.25) is 9.66 Å². The first kappa shape index (κ1) is 15.1. The van der Waals surface area contributed by atoms with E-state index >= 15 is 0 Å². The normalized spacial score (nSPS) is 11.2. The molecule has 0 saturated heterocycles. The van der Waals surface area contributed by atoms with Gasteiger partial charge in [-0.2, -0.15) is 0 Å². The molecule has 0 atom stereocenters. The second-order valence-corrected chi connectivity index (χ2v) is 5.38. The van der Waals surface area contributed by atoms with Crippen LogP contribution in [0.2, 0.25) is 5.02 Å². The van der Waals surface area contributed by atoms with Gasteiger partial charge in [0.25, 0.3) is 0 Å². The number of halogens is 1.